The summed E-state index contributed by atoms with van der Waals surface area (Å²) in [6.07, 6.45) is 31.1. The van der Waals surface area contributed by atoms with Crippen molar-refractivity contribution in [2.45, 2.75) is 199 Å². The normalized spacial score (nSPS) is 17.9. The third kappa shape index (κ3) is 36.1. The van der Waals surface area contributed by atoms with Crippen LogP contribution in [0.25, 0.3) is 4.98 Å². The second-order valence-electron chi connectivity index (χ2n) is 34.9. The highest BCUT2D eigenvalue weighted by Crippen LogP contribution is 2.39. The number of diazo groups is 1. The first kappa shape index (κ1) is 114. The first-order valence-electron chi connectivity index (χ1n) is 48.0. The minimum Gasteiger partial charge on any atom is -0.492 e. The SMILES string of the molecule is C=CC(=O)OCC.CCOC(=O)C(Cc1ccc(OCCN(C)C(=O)C2CCCCC2)cc1)SC1=NS(=O)(=O)C2C=CC=CC12.CCOC(=O)C(Cl)Cc1ccc(OCCN(C)C(=O)C2CCCCC2)cc1.CN(CCOc1ccc(CC(SC2=NS(=O)(=O)c3ccccc32)C(=O)O)cc1)C(=O)C1CCCCC1.CN(CCOc1ccc([N+]#N)cc1)C(=O)C1CCCCC1.O=S1(=O)NC(=S)c2ccccc21. The average Bonchev–Trinajstić information content (AvgIpc) is 1.61. The number of sulfonamides is 3. The molecule has 5 atom stereocenters. The van der Waals surface area contributed by atoms with E-state index < -0.39 is 69.1 Å². The number of nitrogens with one attached hydrogen (secondary N) is 1. The molecule has 38 heteroatoms. The molecule has 3 heterocycles. The number of nitrogens with zero attached hydrogens (tertiary/aromatic N) is 8. The maximum Gasteiger partial charge on any atom is 0.385 e. The molecular formula is C103H131ClN9O22S6+. The molecule has 4 saturated carbocycles. The van der Waals surface area contributed by atoms with E-state index in [4.69, 9.17) is 57.6 Å². The van der Waals surface area contributed by atoms with Gasteiger partial charge in [-0.05, 0) is 169 Å². The number of benzene rings is 6. The van der Waals surface area contributed by atoms with Gasteiger partial charge in [-0.15, -0.1) is 11.6 Å². The quantitative estimate of drug-likeness (QED) is 0.00931. The topological polar surface area (TPSA) is 402 Å². The lowest BCUT2D eigenvalue weighted by Crippen LogP contribution is -2.36. The largest absolute Gasteiger partial charge is 0.492 e. The lowest BCUT2D eigenvalue weighted by Gasteiger charge is -2.26. The number of esters is 3. The molecule has 0 spiro atoms. The van der Waals surface area contributed by atoms with E-state index in [1.165, 1.54) is 50.7 Å². The van der Waals surface area contributed by atoms with Gasteiger partial charge >= 0.3 is 29.6 Å². The molecule has 762 valence electrons. The highest BCUT2D eigenvalue weighted by Gasteiger charge is 2.43. The Balaban J connectivity index is 0.000000200. The van der Waals surface area contributed by atoms with Gasteiger partial charge in [-0.2, -0.15) is 17.2 Å². The Labute approximate surface area is 847 Å². The zero-order valence-electron chi connectivity index (χ0n) is 81.1. The van der Waals surface area contributed by atoms with E-state index in [0.717, 1.165) is 142 Å². The molecule has 6 aromatic rings. The highest BCUT2D eigenvalue weighted by atomic mass is 35.5. The fourth-order valence-electron chi connectivity index (χ4n) is 16.8. The summed E-state index contributed by atoms with van der Waals surface area (Å²) in [5.41, 5.74) is 4.13. The smallest absolute Gasteiger partial charge is 0.385 e. The Bertz CT molecular complexity index is 5710. The van der Waals surface area contributed by atoms with Crippen molar-refractivity contribution in [2.75, 3.05) is 101 Å². The van der Waals surface area contributed by atoms with Gasteiger partial charge in [0.05, 0.1) is 60.8 Å². The summed E-state index contributed by atoms with van der Waals surface area (Å²) < 4.78 is 120. The monoisotopic (exact) mass is 2070 g/mol. The number of likely N-dealkylation sites (N-methyl/N-ethyl adjacent to an activating group) is 4. The van der Waals surface area contributed by atoms with Crippen molar-refractivity contribution in [3.05, 3.63) is 215 Å². The minimum absolute atomic E-state index is 0.101. The van der Waals surface area contributed by atoms with E-state index in [2.05, 4.69) is 29.8 Å². The van der Waals surface area contributed by atoms with Crippen LogP contribution >= 0.6 is 47.3 Å². The van der Waals surface area contributed by atoms with Crippen LogP contribution in [0.15, 0.2) is 201 Å². The van der Waals surface area contributed by atoms with E-state index in [1.54, 1.807) is 144 Å². The minimum atomic E-state index is -3.80. The first-order valence-corrected chi connectivity index (χ1v) is 55.0. The molecule has 0 saturated heterocycles. The van der Waals surface area contributed by atoms with E-state index in [9.17, 15) is 68.7 Å². The Morgan fingerprint density at radius 3 is 1.24 bits per heavy atom. The number of ether oxygens (including phenoxy) is 7. The van der Waals surface area contributed by atoms with Crippen molar-refractivity contribution in [2.24, 2.45) is 38.4 Å². The lowest BCUT2D eigenvalue weighted by molar-refractivity contribution is -0.143. The number of fused-ring (bicyclic) bond motifs is 3. The molecule has 4 amide bonds. The number of allylic oxidation sites excluding steroid dienone is 3. The summed E-state index contributed by atoms with van der Waals surface area (Å²) in [5.74, 6) is 1.71. The fraction of sp³-hybridized carbons (Fsp3) is 0.485. The van der Waals surface area contributed by atoms with Crippen LogP contribution in [-0.4, -0.2) is 234 Å². The van der Waals surface area contributed by atoms with Gasteiger partial charge in [0, 0.05) is 87.1 Å². The average molecular weight is 2080 g/mol. The van der Waals surface area contributed by atoms with E-state index >= 15 is 0 Å². The molecule has 5 unspecified atom stereocenters. The number of halogens is 1. The molecule has 141 heavy (non-hydrogen) atoms. The summed E-state index contributed by atoms with van der Waals surface area (Å²) in [4.78, 5) is 107. The number of amides is 4. The Hall–Kier alpha value is -11.0. The van der Waals surface area contributed by atoms with Crippen LogP contribution in [-0.2, 0) is 102 Å². The van der Waals surface area contributed by atoms with Gasteiger partial charge in [0.1, 0.15) is 80.6 Å². The number of carboxylic acids is 1. The zero-order valence-corrected chi connectivity index (χ0v) is 86.8. The van der Waals surface area contributed by atoms with E-state index in [1.807, 2.05) is 82.8 Å². The molecule has 14 rings (SSSR count). The number of carboxylic acid groups (broad SMARTS) is 1. The third-order valence-electron chi connectivity index (χ3n) is 24.6. The lowest BCUT2D eigenvalue weighted by atomic mass is 9.88. The summed E-state index contributed by atoms with van der Waals surface area (Å²) in [7, 11) is -3.46. The van der Waals surface area contributed by atoms with Gasteiger partial charge < -0.3 is 57.9 Å². The summed E-state index contributed by atoms with van der Waals surface area (Å²) in [6, 6.07) is 42.0. The van der Waals surface area contributed by atoms with Gasteiger partial charge in [-0.25, -0.2) is 21.6 Å². The Kier molecular flexibility index (Phi) is 46.7. The van der Waals surface area contributed by atoms with E-state index in [0.29, 0.717) is 118 Å². The maximum absolute atomic E-state index is 12.8. The summed E-state index contributed by atoms with van der Waals surface area (Å²) in [6.45, 7) is 13.3. The second kappa shape index (κ2) is 57.9. The molecule has 31 nitrogen and oxygen atoms in total. The molecule has 0 aromatic heterocycles. The molecule has 8 aliphatic rings. The standard InChI is InChI=1S/C28H36N2O6S2.C26H30N2O6S2.C21H30ClNO4.C16H22N3O2.C7H5NO2S2.C5H8O2/c1-3-35-28(32)24(37-26-23-11-7-8-12-25(23)38(33,34)29-26)19-20-13-15-22(16-14-20)36-18-17-30(2)27(31)21-9-5-4-6-10-21;1-28(25(29)19-7-3-2-4-8-19)15-16-34-20-13-11-18(12-14-20)17-22(26(30)31)35-24-21-9-5-6-10-23(21)36(32,33)27-24;1-3-26-21(25)19(22)15-16-9-11-18(12-10-16)27-14-13-23(2)20(24)17-7-5-4-6-8-17;1-19(16(20)13-5-3-2-4-6-13)11-12-21-15-9-7-14(18-17)8-10-15;9-12(10)6-4-2-1-3-5(6)7(11)8-12;1-3-5(6)7-4-2/h7-8,11-16,21,23-25H,3-6,9-10,17-19H2,1-2H3;5-6,9-14,19,22H,2-4,7-8,15-17H2,1H3,(H,30,31);9-12,17,19H,3-8,13-15H2,1-2H3;7-10,13H,2-6,11-12H2,1H3;1-4H,(H,8,11);3H,1,4H2,2H3/q;;;+1;;. The number of thioether (sulfide) groups is 2. The molecule has 5 aliphatic carbocycles. The fourth-order valence-corrected chi connectivity index (χ4v) is 24.4. The predicted molar refractivity (Wildman–Crippen MR) is 551 cm³/mol. The summed E-state index contributed by atoms with van der Waals surface area (Å²) >= 11 is 13.0. The van der Waals surface area contributed by atoms with E-state index in [-0.39, 0.29) is 92.0 Å². The van der Waals surface area contributed by atoms with Crippen LogP contribution < -0.4 is 23.7 Å². The number of hydrogen-bond donors (Lipinski definition) is 2. The third-order valence-corrected chi connectivity index (χ3v) is 32.4. The van der Waals surface area contributed by atoms with Crippen LogP contribution in [0.3, 0.4) is 0 Å². The number of carbonyl (C=O) groups excluding carboxylic acids is 7. The molecule has 0 bridgehead atoms. The van der Waals surface area contributed by atoms with Crippen molar-refractivity contribution >= 4 is 146 Å². The van der Waals surface area contributed by atoms with Crippen molar-refractivity contribution in [3.63, 3.8) is 0 Å². The van der Waals surface area contributed by atoms with Crippen LogP contribution in [0.5, 0.6) is 23.0 Å². The zero-order chi connectivity index (χ0) is 102. The number of rotatable bonds is 35. The molecule has 6 aromatic carbocycles. The Morgan fingerprint density at radius 1 is 0.489 bits per heavy atom. The number of carbonyl (C=O) groups is 8. The first-order chi connectivity index (χ1) is 67.7. The van der Waals surface area contributed by atoms with Gasteiger partial charge in [0.25, 0.3) is 30.1 Å². The van der Waals surface area contributed by atoms with Gasteiger partial charge in [0.2, 0.25) is 29.0 Å². The predicted octanol–water partition coefficient (Wildman–Crippen LogP) is 16.9. The second-order valence-corrected chi connectivity index (χ2v) is 43.2. The van der Waals surface area contributed by atoms with Crippen molar-refractivity contribution in [1.82, 2.24) is 24.3 Å². The number of aliphatic carboxylic acids is 1. The van der Waals surface area contributed by atoms with Crippen molar-refractivity contribution in [3.8, 4) is 23.0 Å². The molecule has 3 aliphatic heterocycles. The van der Waals surface area contributed by atoms with Gasteiger partial charge in [-0.1, -0.05) is 216 Å². The van der Waals surface area contributed by atoms with Crippen LogP contribution in [0.2, 0.25) is 0 Å². The van der Waals surface area contributed by atoms with Crippen LogP contribution in [0.1, 0.15) is 177 Å². The number of hydrogen-bond acceptors (Lipinski definition) is 25. The van der Waals surface area contributed by atoms with Crippen LogP contribution in [0, 0.1) is 35.0 Å². The molecular weight excluding hydrogens is 1940 g/mol. The highest BCUT2D eigenvalue weighted by molar-refractivity contribution is 8.16. The molecule has 4 fully saturated rings. The summed E-state index contributed by atoms with van der Waals surface area (Å²) in [5, 5.41) is 16.0. The number of thiocarbonyl (C=S) groups is 1. The van der Waals surface area contributed by atoms with Crippen LogP contribution in [0.4, 0.5) is 5.69 Å². The van der Waals surface area contributed by atoms with Crippen molar-refractivity contribution in [1.29, 1.82) is 5.39 Å². The van der Waals surface area contributed by atoms with Gasteiger partial charge in [-0.3, -0.25) is 38.3 Å². The van der Waals surface area contributed by atoms with Gasteiger partial charge in [0.15, 0.2) is 4.98 Å². The van der Waals surface area contributed by atoms with Crippen molar-refractivity contribution < 1.29 is 102 Å². The maximum atomic E-state index is 12.8. The number of alkyl halides is 1. The molecule has 2 N–H and O–H groups in total. The molecule has 0 radical (unpaired) electrons. The Morgan fingerprint density at radius 2 is 0.858 bits per heavy atom.